The predicted molar refractivity (Wildman–Crippen MR) is 48.6 cm³/mol. The molecule has 0 aliphatic rings. The predicted octanol–water partition coefficient (Wildman–Crippen LogP) is 3.73. The first-order chi connectivity index (χ1) is 7.71. The van der Waals surface area contributed by atoms with Gasteiger partial charge in [-0.3, -0.25) is 0 Å². The molecule has 0 saturated heterocycles. The zero-order valence-electron chi connectivity index (χ0n) is 9.36. The highest BCUT2D eigenvalue weighted by molar-refractivity contribution is 5.78. The highest BCUT2D eigenvalue weighted by atomic mass is 19.4. The summed E-state index contributed by atoms with van der Waals surface area (Å²) in [6, 6.07) is 0. The lowest BCUT2D eigenvalue weighted by atomic mass is 9.99. The quantitative estimate of drug-likeness (QED) is 0.633. The minimum atomic E-state index is -6.22. The van der Waals surface area contributed by atoms with Crippen molar-refractivity contribution in [3.63, 3.8) is 0 Å². The van der Waals surface area contributed by atoms with Crippen molar-refractivity contribution in [3.8, 4) is 0 Å². The average Bonchev–Trinajstić information content (AvgIpc) is 2.16. The van der Waals surface area contributed by atoms with E-state index in [1.807, 2.05) is 0 Å². The number of carboxylic acid groups (broad SMARTS) is 1. The molecule has 0 fully saturated rings. The van der Waals surface area contributed by atoms with E-state index in [1.54, 1.807) is 0 Å². The number of rotatable bonds is 3. The molecule has 0 spiro atoms. The fourth-order valence-electron chi connectivity index (χ4n) is 0.552. The fraction of sp³-hybridized carbons (Fsp3) is 0.667. The van der Waals surface area contributed by atoms with Crippen molar-refractivity contribution in [2.75, 3.05) is 0 Å². The molecule has 0 radical (unpaired) electrons. The molecule has 2 nitrogen and oxygen atoms in total. The van der Waals surface area contributed by atoms with E-state index >= 15 is 0 Å². The highest BCUT2D eigenvalue weighted by Crippen LogP contribution is 2.49. The van der Waals surface area contributed by atoms with Crippen molar-refractivity contribution in [2.24, 2.45) is 5.92 Å². The molecule has 0 bridgehead atoms. The van der Waals surface area contributed by atoms with Crippen molar-refractivity contribution in [2.45, 2.75) is 31.9 Å². The summed E-state index contributed by atoms with van der Waals surface area (Å²) in [5, 5.41) is 7.60. The lowest BCUT2D eigenvalue weighted by molar-refractivity contribution is -0.363. The second-order valence-electron chi connectivity index (χ2n) is 3.39. The van der Waals surface area contributed by atoms with Crippen LogP contribution in [-0.4, -0.2) is 29.1 Å². The minimum Gasteiger partial charge on any atom is -0.478 e. The molecular weight excluding hydrogens is 273 g/mol. The molecule has 0 aromatic carbocycles. The third kappa shape index (κ3) is 4.53. The lowest BCUT2D eigenvalue weighted by Gasteiger charge is -2.30. The maximum absolute atomic E-state index is 12.4. The van der Waals surface area contributed by atoms with Crippen LogP contribution in [0.5, 0.6) is 0 Å². The first kappa shape index (κ1) is 19.1. The van der Waals surface area contributed by atoms with Gasteiger partial charge in [0.05, 0.1) is 0 Å². The fourth-order valence-corrected chi connectivity index (χ4v) is 0.552. The van der Waals surface area contributed by atoms with Crippen LogP contribution in [0.2, 0.25) is 0 Å². The summed E-state index contributed by atoms with van der Waals surface area (Å²) >= 11 is 0. The van der Waals surface area contributed by atoms with Gasteiger partial charge in [-0.25, -0.2) is 4.79 Å². The van der Waals surface area contributed by atoms with Crippen molar-refractivity contribution in [1.29, 1.82) is 0 Å². The van der Waals surface area contributed by atoms with Gasteiger partial charge in [-0.2, -0.15) is 30.7 Å². The van der Waals surface area contributed by atoms with E-state index in [4.69, 9.17) is 5.11 Å². The molecule has 1 N–H and O–H groups in total. The Morgan fingerprint density at radius 2 is 1.39 bits per heavy atom. The summed E-state index contributed by atoms with van der Waals surface area (Å²) in [4.78, 5) is 9.25. The van der Waals surface area contributed by atoms with E-state index in [1.165, 1.54) is 0 Å². The summed E-state index contributed by atoms with van der Waals surface area (Å²) in [7, 11) is 0. The number of hydrogen-bond donors (Lipinski definition) is 1. The Kier molecular flexibility index (Phi) is 6.41. The third-order valence-electron chi connectivity index (χ3n) is 1.67. The van der Waals surface area contributed by atoms with Crippen molar-refractivity contribution in [3.05, 3.63) is 12.7 Å². The van der Waals surface area contributed by atoms with Crippen LogP contribution in [0.1, 0.15) is 13.8 Å². The molecule has 0 aliphatic heterocycles. The van der Waals surface area contributed by atoms with Gasteiger partial charge < -0.3 is 5.11 Å². The van der Waals surface area contributed by atoms with Crippen LogP contribution in [0.25, 0.3) is 0 Å². The number of alkyl halides is 7. The van der Waals surface area contributed by atoms with Gasteiger partial charge in [0.1, 0.15) is 0 Å². The summed E-state index contributed by atoms with van der Waals surface area (Å²) in [5.41, 5.74) is 0. The number of carbonyl (C=O) groups is 1. The van der Waals surface area contributed by atoms with Crippen LogP contribution in [0.4, 0.5) is 30.7 Å². The largest absolute Gasteiger partial charge is 0.478 e. The Hall–Kier alpha value is -1.28. The first-order valence-electron chi connectivity index (χ1n) is 4.39. The van der Waals surface area contributed by atoms with Gasteiger partial charge in [0.15, 0.2) is 0 Å². The van der Waals surface area contributed by atoms with Gasteiger partial charge in [-0.15, -0.1) is 0 Å². The summed E-state index contributed by atoms with van der Waals surface area (Å²) in [5.74, 6) is -14.1. The van der Waals surface area contributed by atoms with E-state index in [0.717, 1.165) is 6.08 Å². The molecule has 9 heteroatoms. The van der Waals surface area contributed by atoms with E-state index in [2.05, 4.69) is 6.58 Å². The molecule has 0 rings (SSSR count). The zero-order valence-corrected chi connectivity index (χ0v) is 9.36. The normalized spacial score (nSPS) is 12.8. The lowest BCUT2D eigenvalue weighted by Crippen LogP contribution is -2.54. The van der Waals surface area contributed by atoms with Crippen LogP contribution in [0.15, 0.2) is 12.7 Å². The van der Waals surface area contributed by atoms with Crippen LogP contribution in [0, 0.1) is 5.92 Å². The molecule has 0 amide bonds. The van der Waals surface area contributed by atoms with Gasteiger partial charge >= 0.3 is 24.0 Å². The standard InChI is InChI=1S/C6H7F7.C3H4O2/c1-3(2)4(7,8)5(9,10)6(11,12)13;1-2-3(4)5/h3H,1-2H3;2H,1H2,(H,4,5). The second-order valence-corrected chi connectivity index (χ2v) is 3.39. The molecule has 0 aliphatic carbocycles. The van der Waals surface area contributed by atoms with Crippen LogP contribution < -0.4 is 0 Å². The molecule has 0 heterocycles. The number of hydrogen-bond acceptors (Lipinski definition) is 1. The van der Waals surface area contributed by atoms with E-state index in [-0.39, 0.29) is 0 Å². The Morgan fingerprint density at radius 3 is 1.44 bits per heavy atom. The third-order valence-corrected chi connectivity index (χ3v) is 1.67. The van der Waals surface area contributed by atoms with Gasteiger partial charge in [0, 0.05) is 12.0 Å². The van der Waals surface area contributed by atoms with Crippen molar-refractivity contribution < 1.29 is 40.6 Å². The smallest absolute Gasteiger partial charge is 0.459 e. The first-order valence-corrected chi connectivity index (χ1v) is 4.39. The monoisotopic (exact) mass is 284 g/mol. The van der Waals surface area contributed by atoms with Gasteiger partial charge in [0.25, 0.3) is 0 Å². The molecular formula is C9H11F7O2. The molecule has 108 valence electrons. The Bertz CT molecular complexity index is 294. The molecule has 0 aromatic heterocycles. The van der Waals surface area contributed by atoms with Crippen molar-refractivity contribution in [1.82, 2.24) is 0 Å². The maximum Gasteiger partial charge on any atom is 0.459 e. The number of halogens is 7. The highest BCUT2D eigenvalue weighted by Gasteiger charge is 2.73. The maximum atomic E-state index is 12.4. The van der Waals surface area contributed by atoms with Crippen molar-refractivity contribution >= 4 is 5.97 Å². The zero-order chi connectivity index (χ0) is 15.4. The van der Waals surface area contributed by atoms with Gasteiger partial charge in [0.2, 0.25) is 0 Å². The van der Waals surface area contributed by atoms with Gasteiger partial charge in [-0.1, -0.05) is 20.4 Å². The number of aliphatic carboxylic acids is 1. The molecule has 0 atom stereocenters. The van der Waals surface area contributed by atoms with Gasteiger partial charge in [-0.05, 0) is 0 Å². The molecule has 18 heavy (non-hydrogen) atoms. The second kappa shape index (κ2) is 6.05. The Balaban J connectivity index is 0. The van der Waals surface area contributed by atoms with E-state index < -0.39 is 29.9 Å². The SMILES string of the molecule is C=CC(=O)O.CC(C)C(F)(F)C(F)(F)C(F)(F)F. The van der Waals surface area contributed by atoms with Crippen LogP contribution >= 0.6 is 0 Å². The Labute approximate surface area is 98.1 Å². The topological polar surface area (TPSA) is 37.3 Å². The molecule has 0 saturated carbocycles. The Morgan fingerprint density at radius 1 is 1.11 bits per heavy atom. The summed E-state index contributed by atoms with van der Waals surface area (Å²) in [6.07, 6.45) is -5.39. The molecule has 0 unspecified atom stereocenters. The minimum absolute atomic E-state index is 0.597. The average molecular weight is 284 g/mol. The van der Waals surface area contributed by atoms with E-state index in [9.17, 15) is 35.5 Å². The number of carboxylic acids is 1. The summed E-state index contributed by atoms with van der Waals surface area (Å²) in [6.45, 7) is 4.15. The van der Waals surface area contributed by atoms with Crippen LogP contribution in [-0.2, 0) is 4.79 Å². The van der Waals surface area contributed by atoms with Crippen LogP contribution in [0.3, 0.4) is 0 Å². The molecule has 0 aromatic rings. The van der Waals surface area contributed by atoms with E-state index in [0.29, 0.717) is 13.8 Å². The summed E-state index contributed by atoms with van der Waals surface area (Å²) < 4.78 is 83.2.